The van der Waals surface area contributed by atoms with Gasteiger partial charge in [-0.2, -0.15) is 17.6 Å². The number of nitro groups is 1. The van der Waals surface area contributed by atoms with Crippen molar-refractivity contribution in [1.29, 1.82) is 0 Å². The highest BCUT2D eigenvalue weighted by molar-refractivity contribution is 5.52. The molecule has 0 atom stereocenters. The highest BCUT2D eigenvalue weighted by atomic mass is 19.4. The number of alkyl halides is 3. The number of anilines is 1. The van der Waals surface area contributed by atoms with E-state index < -0.39 is 28.5 Å². The summed E-state index contributed by atoms with van der Waals surface area (Å²) >= 11 is 0. The predicted octanol–water partition coefficient (Wildman–Crippen LogP) is 4.27. The molecule has 0 unspecified atom stereocenters. The zero-order valence-electron chi connectivity index (χ0n) is 11.0. The average Bonchev–Trinajstić information content (AvgIpc) is 2.40. The van der Waals surface area contributed by atoms with Crippen LogP contribution in [0.4, 0.5) is 28.9 Å². The van der Waals surface area contributed by atoms with Gasteiger partial charge in [0.1, 0.15) is 0 Å². The molecule has 1 fully saturated rings. The minimum atomic E-state index is -4.17. The monoisotopic (exact) mass is 306 g/mol. The van der Waals surface area contributed by atoms with Crippen molar-refractivity contribution in [2.24, 2.45) is 5.92 Å². The Morgan fingerprint density at radius 2 is 1.81 bits per heavy atom. The van der Waals surface area contributed by atoms with E-state index in [2.05, 4.69) is 5.32 Å². The Morgan fingerprint density at radius 3 is 2.33 bits per heavy atom. The van der Waals surface area contributed by atoms with Crippen molar-refractivity contribution in [2.45, 2.75) is 37.9 Å². The van der Waals surface area contributed by atoms with E-state index in [-0.39, 0.29) is 18.9 Å². The quantitative estimate of drug-likeness (QED) is 0.515. The van der Waals surface area contributed by atoms with Crippen molar-refractivity contribution in [3.8, 4) is 0 Å². The fourth-order valence-electron chi connectivity index (χ4n) is 2.54. The standard InChI is InChI=1S/C13H14F4N2O2/c14-11-6-5-10(7-12(11)19(20)21)18-9-3-1-8(2-4-9)13(15,16)17/h5-9,18H,1-4H2. The molecule has 1 aromatic carbocycles. The Hall–Kier alpha value is -1.86. The summed E-state index contributed by atoms with van der Waals surface area (Å²) in [4.78, 5) is 9.80. The van der Waals surface area contributed by atoms with E-state index in [0.29, 0.717) is 18.5 Å². The average molecular weight is 306 g/mol. The van der Waals surface area contributed by atoms with Gasteiger partial charge in [-0.05, 0) is 37.8 Å². The Kier molecular flexibility index (Phi) is 4.34. The molecule has 0 aliphatic heterocycles. The molecule has 0 radical (unpaired) electrons. The van der Waals surface area contributed by atoms with Gasteiger partial charge in [0, 0.05) is 17.8 Å². The van der Waals surface area contributed by atoms with Crippen molar-refractivity contribution in [1.82, 2.24) is 0 Å². The summed E-state index contributed by atoms with van der Waals surface area (Å²) in [5.74, 6) is -2.22. The molecule has 0 spiro atoms. The van der Waals surface area contributed by atoms with Gasteiger partial charge >= 0.3 is 11.9 Å². The molecule has 1 aliphatic rings. The molecule has 0 bridgehead atoms. The summed E-state index contributed by atoms with van der Waals surface area (Å²) in [6.07, 6.45) is -3.45. The van der Waals surface area contributed by atoms with Gasteiger partial charge in [0.05, 0.1) is 10.8 Å². The molecule has 0 saturated heterocycles. The molecule has 8 heteroatoms. The summed E-state index contributed by atoms with van der Waals surface area (Å²) in [5.41, 5.74) is -0.303. The first-order valence-corrected chi connectivity index (χ1v) is 6.54. The minimum Gasteiger partial charge on any atom is -0.382 e. The number of nitrogens with one attached hydrogen (secondary N) is 1. The molecule has 4 nitrogen and oxygen atoms in total. The molecular weight excluding hydrogens is 292 g/mol. The van der Waals surface area contributed by atoms with E-state index in [1.807, 2.05) is 0 Å². The number of nitro benzene ring substituents is 1. The molecule has 2 rings (SSSR count). The van der Waals surface area contributed by atoms with Gasteiger partial charge in [0.15, 0.2) is 0 Å². The zero-order chi connectivity index (χ0) is 15.6. The van der Waals surface area contributed by atoms with Crippen LogP contribution in [0.1, 0.15) is 25.7 Å². The topological polar surface area (TPSA) is 55.2 Å². The van der Waals surface area contributed by atoms with Gasteiger partial charge in [-0.15, -0.1) is 0 Å². The van der Waals surface area contributed by atoms with E-state index >= 15 is 0 Å². The zero-order valence-corrected chi connectivity index (χ0v) is 11.0. The number of hydrogen-bond acceptors (Lipinski definition) is 3. The number of halogens is 4. The second-order valence-corrected chi connectivity index (χ2v) is 5.16. The lowest BCUT2D eigenvalue weighted by Crippen LogP contribution is -2.32. The van der Waals surface area contributed by atoms with E-state index in [9.17, 15) is 27.7 Å². The SMILES string of the molecule is O=[N+]([O-])c1cc(NC2CCC(C(F)(F)F)CC2)ccc1F. The lowest BCUT2D eigenvalue weighted by molar-refractivity contribution is -0.387. The molecule has 0 amide bonds. The molecule has 116 valence electrons. The van der Waals surface area contributed by atoms with Crippen molar-refractivity contribution < 1.29 is 22.5 Å². The third-order valence-electron chi connectivity index (χ3n) is 3.70. The molecule has 1 saturated carbocycles. The lowest BCUT2D eigenvalue weighted by Gasteiger charge is -2.30. The first kappa shape index (κ1) is 15.5. The summed E-state index contributed by atoms with van der Waals surface area (Å²) < 4.78 is 50.8. The van der Waals surface area contributed by atoms with Crippen LogP contribution in [0.5, 0.6) is 0 Å². The summed E-state index contributed by atoms with van der Waals surface area (Å²) in [6, 6.07) is 3.19. The second kappa shape index (κ2) is 5.87. The maximum absolute atomic E-state index is 13.2. The van der Waals surface area contributed by atoms with Crippen LogP contribution in [0.3, 0.4) is 0 Å². The second-order valence-electron chi connectivity index (χ2n) is 5.16. The van der Waals surface area contributed by atoms with Crippen molar-refractivity contribution in [3.05, 3.63) is 34.1 Å². The van der Waals surface area contributed by atoms with Gasteiger partial charge < -0.3 is 5.32 Å². The van der Waals surface area contributed by atoms with Crippen LogP contribution in [0.2, 0.25) is 0 Å². The Morgan fingerprint density at radius 1 is 1.19 bits per heavy atom. The fraction of sp³-hybridized carbons (Fsp3) is 0.538. The van der Waals surface area contributed by atoms with E-state index in [0.717, 1.165) is 12.1 Å². The largest absolute Gasteiger partial charge is 0.391 e. The van der Waals surface area contributed by atoms with Crippen LogP contribution in [-0.2, 0) is 0 Å². The highest BCUT2D eigenvalue weighted by Gasteiger charge is 2.41. The van der Waals surface area contributed by atoms with E-state index in [1.54, 1.807) is 0 Å². The van der Waals surface area contributed by atoms with Crippen LogP contribution in [0, 0.1) is 21.8 Å². The maximum atomic E-state index is 13.2. The summed E-state index contributed by atoms with van der Waals surface area (Å²) in [6.45, 7) is 0. The van der Waals surface area contributed by atoms with Gasteiger partial charge in [-0.3, -0.25) is 10.1 Å². The molecular formula is C13H14F4N2O2. The normalized spacial score (nSPS) is 22.9. The van der Waals surface area contributed by atoms with Crippen LogP contribution in [0.15, 0.2) is 18.2 Å². The number of nitrogens with zero attached hydrogens (tertiary/aromatic N) is 1. The number of rotatable bonds is 3. The smallest absolute Gasteiger partial charge is 0.382 e. The van der Waals surface area contributed by atoms with Crippen LogP contribution >= 0.6 is 0 Å². The van der Waals surface area contributed by atoms with Crippen molar-refractivity contribution in [2.75, 3.05) is 5.32 Å². The molecule has 1 N–H and O–H groups in total. The Bertz CT molecular complexity index is 525. The molecule has 0 heterocycles. The van der Waals surface area contributed by atoms with E-state index in [4.69, 9.17) is 0 Å². The fourth-order valence-corrected chi connectivity index (χ4v) is 2.54. The number of hydrogen-bond donors (Lipinski definition) is 1. The lowest BCUT2D eigenvalue weighted by atomic mass is 9.85. The molecule has 21 heavy (non-hydrogen) atoms. The maximum Gasteiger partial charge on any atom is 0.391 e. The molecule has 0 aromatic heterocycles. The Labute approximate surface area is 118 Å². The third-order valence-corrected chi connectivity index (χ3v) is 3.70. The highest BCUT2D eigenvalue weighted by Crippen LogP contribution is 2.38. The first-order valence-electron chi connectivity index (χ1n) is 6.54. The van der Waals surface area contributed by atoms with Crippen LogP contribution in [0.25, 0.3) is 0 Å². The van der Waals surface area contributed by atoms with Gasteiger partial charge in [-0.25, -0.2) is 0 Å². The summed E-state index contributed by atoms with van der Waals surface area (Å²) in [7, 11) is 0. The van der Waals surface area contributed by atoms with Gasteiger partial charge in [0.2, 0.25) is 5.82 Å². The summed E-state index contributed by atoms with van der Waals surface area (Å²) in [5, 5.41) is 13.6. The Balaban J connectivity index is 1.98. The predicted molar refractivity (Wildman–Crippen MR) is 68.5 cm³/mol. The van der Waals surface area contributed by atoms with Crippen molar-refractivity contribution in [3.63, 3.8) is 0 Å². The third kappa shape index (κ3) is 3.83. The van der Waals surface area contributed by atoms with Crippen LogP contribution in [-0.4, -0.2) is 17.1 Å². The van der Waals surface area contributed by atoms with Crippen molar-refractivity contribution >= 4 is 11.4 Å². The van der Waals surface area contributed by atoms with Crippen LogP contribution < -0.4 is 5.32 Å². The molecule has 1 aliphatic carbocycles. The minimum absolute atomic E-state index is 0.0322. The number of benzene rings is 1. The van der Waals surface area contributed by atoms with Gasteiger partial charge in [0.25, 0.3) is 0 Å². The van der Waals surface area contributed by atoms with E-state index in [1.165, 1.54) is 6.07 Å². The van der Waals surface area contributed by atoms with Gasteiger partial charge in [-0.1, -0.05) is 0 Å². The first-order chi connectivity index (χ1) is 9.77. The molecule has 1 aromatic rings.